The number of pyridine rings is 1. The van der Waals surface area contributed by atoms with Crippen molar-refractivity contribution in [2.24, 2.45) is 0 Å². The van der Waals surface area contributed by atoms with Crippen molar-refractivity contribution in [1.29, 1.82) is 0 Å². The maximum atomic E-state index is 13.0. The third-order valence-corrected chi connectivity index (χ3v) is 3.12. The van der Waals surface area contributed by atoms with Gasteiger partial charge in [0, 0.05) is 10.7 Å². The first-order valence-corrected chi connectivity index (χ1v) is 6.74. The number of carbonyl (C=O) groups is 1. The lowest BCUT2D eigenvalue weighted by Crippen LogP contribution is -2.05. The van der Waals surface area contributed by atoms with E-state index >= 15 is 0 Å². The van der Waals surface area contributed by atoms with Gasteiger partial charge < -0.3 is 10.1 Å². The van der Waals surface area contributed by atoms with Crippen LogP contribution in [0.15, 0.2) is 41.0 Å². The van der Waals surface area contributed by atoms with Gasteiger partial charge in [-0.25, -0.2) is 14.2 Å². The topological polar surface area (TPSA) is 51.2 Å². The van der Waals surface area contributed by atoms with Crippen molar-refractivity contribution in [2.75, 3.05) is 11.9 Å². The first-order chi connectivity index (χ1) is 9.60. The predicted molar refractivity (Wildman–Crippen MR) is 77.6 cm³/mol. The Morgan fingerprint density at radius 3 is 2.80 bits per heavy atom. The minimum absolute atomic E-state index is 0.321. The average Bonchev–Trinajstić information content (AvgIpc) is 2.43. The fraction of sp³-hybridized carbons (Fsp3) is 0.143. The molecule has 0 radical (unpaired) electrons. The van der Waals surface area contributed by atoms with E-state index in [0.29, 0.717) is 28.1 Å². The highest BCUT2D eigenvalue weighted by Crippen LogP contribution is 2.25. The Bertz CT molecular complexity index is 617. The monoisotopic (exact) mass is 338 g/mol. The Kier molecular flexibility index (Phi) is 4.68. The number of rotatable bonds is 4. The van der Waals surface area contributed by atoms with Crippen LogP contribution in [0.3, 0.4) is 0 Å². The van der Waals surface area contributed by atoms with Gasteiger partial charge in [-0.05, 0) is 53.2 Å². The summed E-state index contributed by atoms with van der Waals surface area (Å²) in [6.07, 6.45) is 1.43. The highest BCUT2D eigenvalue weighted by atomic mass is 79.9. The molecule has 1 heterocycles. The lowest BCUT2D eigenvalue weighted by Gasteiger charge is -2.08. The standard InChI is InChI=1S/C14H12BrFN2O2/c1-2-20-14(19)9-3-6-13(17-8-9)18-12-5-4-10(16)7-11(12)15/h3-8H,2H2,1H3,(H,17,18). The minimum Gasteiger partial charge on any atom is -0.462 e. The summed E-state index contributed by atoms with van der Waals surface area (Å²) in [5.74, 6) is -0.187. The van der Waals surface area contributed by atoms with Crippen LogP contribution in [-0.4, -0.2) is 17.6 Å². The predicted octanol–water partition coefficient (Wildman–Crippen LogP) is 3.90. The summed E-state index contributed by atoms with van der Waals surface area (Å²) in [5, 5.41) is 3.02. The van der Waals surface area contributed by atoms with Gasteiger partial charge >= 0.3 is 5.97 Å². The zero-order chi connectivity index (χ0) is 14.5. The molecular formula is C14H12BrFN2O2. The van der Waals surface area contributed by atoms with Gasteiger partial charge in [0.05, 0.1) is 17.9 Å². The maximum absolute atomic E-state index is 13.0. The maximum Gasteiger partial charge on any atom is 0.339 e. The second-order valence-electron chi connectivity index (χ2n) is 3.90. The van der Waals surface area contributed by atoms with E-state index in [2.05, 4.69) is 26.2 Å². The number of nitrogens with one attached hydrogen (secondary N) is 1. The van der Waals surface area contributed by atoms with Gasteiger partial charge in [0.25, 0.3) is 0 Å². The molecule has 1 N–H and O–H groups in total. The molecule has 20 heavy (non-hydrogen) atoms. The molecule has 2 rings (SSSR count). The Labute approximate surface area is 124 Å². The summed E-state index contributed by atoms with van der Waals surface area (Å²) in [4.78, 5) is 15.6. The molecule has 4 nitrogen and oxygen atoms in total. The zero-order valence-corrected chi connectivity index (χ0v) is 12.3. The van der Waals surface area contributed by atoms with Gasteiger partial charge in [0.15, 0.2) is 0 Å². The van der Waals surface area contributed by atoms with E-state index in [9.17, 15) is 9.18 Å². The molecule has 104 valence electrons. The molecule has 2 aromatic rings. The zero-order valence-electron chi connectivity index (χ0n) is 10.7. The molecule has 0 unspecified atom stereocenters. The molecule has 1 aromatic carbocycles. The van der Waals surface area contributed by atoms with Crippen LogP contribution in [-0.2, 0) is 4.74 Å². The van der Waals surface area contributed by atoms with Crippen molar-refractivity contribution in [3.05, 3.63) is 52.4 Å². The van der Waals surface area contributed by atoms with E-state index in [4.69, 9.17) is 4.74 Å². The van der Waals surface area contributed by atoms with Crippen LogP contribution in [0.5, 0.6) is 0 Å². The van der Waals surface area contributed by atoms with E-state index in [0.717, 1.165) is 0 Å². The lowest BCUT2D eigenvalue weighted by molar-refractivity contribution is 0.0526. The Balaban J connectivity index is 2.12. The summed E-state index contributed by atoms with van der Waals surface area (Å²) in [7, 11) is 0. The first-order valence-electron chi connectivity index (χ1n) is 5.95. The molecule has 0 aliphatic carbocycles. The molecule has 0 saturated carbocycles. The number of nitrogens with zero attached hydrogens (tertiary/aromatic N) is 1. The third kappa shape index (κ3) is 3.54. The third-order valence-electron chi connectivity index (χ3n) is 2.47. The van der Waals surface area contributed by atoms with Crippen molar-refractivity contribution >= 4 is 33.4 Å². The van der Waals surface area contributed by atoms with Crippen LogP contribution in [0.2, 0.25) is 0 Å². The molecule has 0 saturated heterocycles. The summed E-state index contributed by atoms with van der Waals surface area (Å²) >= 11 is 3.26. The number of anilines is 2. The smallest absolute Gasteiger partial charge is 0.339 e. The number of carbonyl (C=O) groups excluding carboxylic acids is 1. The van der Waals surface area contributed by atoms with Crippen LogP contribution < -0.4 is 5.32 Å². The number of ether oxygens (including phenoxy) is 1. The molecule has 0 amide bonds. The number of hydrogen-bond donors (Lipinski definition) is 1. The van der Waals surface area contributed by atoms with E-state index in [1.54, 1.807) is 25.1 Å². The quantitative estimate of drug-likeness (QED) is 0.859. The Morgan fingerprint density at radius 1 is 1.40 bits per heavy atom. The van der Waals surface area contributed by atoms with Gasteiger partial charge in [0.2, 0.25) is 0 Å². The fourth-order valence-corrected chi connectivity index (χ4v) is 1.98. The number of hydrogen-bond acceptors (Lipinski definition) is 4. The highest BCUT2D eigenvalue weighted by molar-refractivity contribution is 9.10. The molecule has 6 heteroatoms. The molecule has 0 atom stereocenters. The fourth-order valence-electron chi connectivity index (χ4n) is 1.53. The van der Waals surface area contributed by atoms with Gasteiger partial charge in [-0.3, -0.25) is 0 Å². The molecule has 0 bridgehead atoms. The van der Waals surface area contributed by atoms with E-state index in [1.807, 2.05) is 0 Å². The molecule has 0 spiro atoms. The van der Waals surface area contributed by atoms with Crippen molar-refractivity contribution in [2.45, 2.75) is 6.92 Å². The van der Waals surface area contributed by atoms with Crippen LogP contribution in [0, 0.1) is 5.82 Å². The summed E-state index contributed by atoms with van der Waals surface area (Å²) in [6.45, 7) is 2.06. The van der Waals surface area contributed by atoms with Crippen LogP contribution >= 0.6 is 15.9 Å². The van der Waals surface area contributed by atoms with Crippen molar-refractivity contribution < 1.29 is 13.9 Å². The van der Waals surface area contributed by atoms with E-state index in [1.165, 1.54) is 18.3 Å². The van der Waals surface area contributed by atoms with E-state index < -0.39 is 5.97 Å². The molecular weight excluding hydrogens is 327 g/mol. The SMILES string of the molecule is CCOC(=O)c1ccc(Nc2ccc(F)cc2Br)nc1. The molecule has 0 aliphatic heterocycles. The minimum atomic E-state index is -0.408. The van der Waals surface area contributed by atoms with E-state index in [-0.39, 0.29) is 5.82 Å². The van der Waals surface area contributed by atoms with Crippen molar-refractivity contribution in [1.82, 2.24) is 4.98 Å². The van der Waals surface area contributed by atoms with Gasteiger partial charge in [-0.2, -0.15) is 0 Å². The summed E-state index contributed by atoms with van der Waals surface area (Å²) in [6, 6.07) is 7.57. The lowest BCUT2D eigenvalue weighted by atomic mass is 10.2. The van der Waals surface area contributed by atoms with Crippen LogP contribution in [0.4, 0.5) is 15.9 Å². The second-order valence-corrected chi connectivity index (χ2v) is 4.76. The summed E-state index contributed by atoms with van der Waals surface area (Å²) in [5.41, 5.74) is 1.07. The van der Waals surface area contributed by atoms with Gasteiger partial charge in [0.1, 0.15) is 11.6 Å². The molecule has 1 aromatic heterocycles. The normalized spacial score (nSPS) is 10.2. The number of esters is 1. The van der Waals surface area contributed by atoms with Crippen molar-refractivity contribution in [3.8, 4) is 0 Å². The highest BCUT2D eigenvalue weighted by Gasteiger charge is 2.07. The Hall–Kier alpha value is -1.95. The second kappa shape index (κ2) is 6.47. The number of aromatic nitrogens is 1. The average molecular weight is 339 g/mol. The number of halogens is 2. The van der Waals surface area contributed by atoms with Gasteiger partial charge in [-0.1, -0.05) is 0 Å². The first kappa shape index (κ1) is 14.5. The molecule has 0 fully saturated rings. The Morgan fingerprint density at radius 2 is 2.20 bits per heavy atom. The largest absolute Gasteiger partial charge is 0.462 e. The van der Waals surface area contributed by atoms with Crippen LogP contribution in [0.25, 0.3) is 0 Å². The number of benzene rings is 1. The van der Waals surface area contributed by atoms with Gasteiger partial charge in [-0.15, -0.1) is 0 Å². The van der Waals surface area contributed by atoms with Crippen molar-refractivity contribution in [3.63, 3.8) is 0 Å². The summed E-state index contributed by atoms with van der Waals surface area (Å²) < 4.78 is 18.4. The van der Waals surface area contributed by atoms with Crippen LogP contribution in [0.1, 0.15) is 17.3 Å². The molecule has 0 aliphatic rings.